The molecule has 24 heavy (non-hydrogen) atoms. The van der Waals surface area contributed by atoms with Gasteiger partial charge >= 0.3 is 0 Å². The number of ether oxygens (including phenoxy) is 1. The predicted molar refractivity (Wildman–Crippen MR) is 88.9 cm³/mol. The molecule has 126 valence electrons. The van der Waals surface area contributed by atoms with Gasteiger partial charge in [0.15, 0.2) is 0 Å². The van der Waals surface area contributed by atoms with E-state index in [9.17, 15) is 4.79 Å². The van der Waals surface area contributed by atoms with E-state index in [4.69, 9.17) is 4.74 Å². The van der Waals surface area contributed by atoms with Gasteiger partial charge in [-0.3, -0.25) is 4.79 Å². The van der Waals surface area contributed by atoms with E-state index in [0.717, 1.165) is 36.3 Å². The SMILES string of the molecule is Cc1c(CC(=O)N2CCOC3CCCC32)nnn1-c1ccccc1. The minimum atomic E-state index is 0.137. The van der Waals surface area contributed by atoms with Crippen LogP contribution in [-0.2, 0) is 16.0 Å². The second-order valence-electron chi connectivity index (χ2n) is 6.54. The Balaban J connectivity index is 1.51. The molecule has 0 bridgehead atoms. The van der Waals surface area contributed by atoms with Crippen molar-refractivity contribution in [1.29, 1.82) is 0 Å². The molecule has 0 spiro atoms. The van der Waals surface area contributed by atoms with Gasteiger partial charge in [-0.2, -0.15) is 0 Å². The minimum absolute atomic E-state index is 0.137. The van der Waals surface area contributed by atoms with Gasteiger partial charge in [0.1, 0.15) is 0 Å². The molecule has 2 aliphatic rings. The summed E-state index contributed by atoms with van der Waals surface area (Å²) in [5.41, 5.74) is 2.64. The van der Waals surface area contributed by atoms with Crippen molar-refractivity contribution < 1.29 is 9.53 Å². The summed E-state index contributed by atoms with van der Waals surface area (Å²) in [6, 6.07) is 10.1. The molecule has 2 unspecified atom stereocenters. The van der Waals surface area contributed by atoms with Crippen LogP contribution >= 0.6 is 0 Å². The van der Waals surface area contributed by atoms with Gasteiger partial charge in [-0.15, -0.1) is 5.10 Å². The van der Waals surface area contributed by atoms with Crippen LogP contribution in [0.25, 0.3) is 5.69 Å². The molecule has 0 radical (unpaired) electrons. The highest BCUT2D eigenvalue weighted by molar-refractivity contribution is 5.79. The summed E-state index contributed by atoms with van der Waals surface area (Å²) in [5, 5.41) is 8.47. The topological polar surface area (TPSA) is 60.3 Å². The number of aromatic nitrogens is 3. The first-order valence-corrected chi connectivity index (χ1v) is 8.61. The van der Waals surface area contributed by atoms with Gasteiger partial charge < -0.3 is 9.64 Å². The van der Waals surface area contributed by atoms with Crippen LogP contribution in [0, 0.1) is 6.92 Å². The van der Waals surface area contributed by atoms with Crippen molar-refractivity contribution in [2.24, 2.45) is 0 Å². The Morgan fingerprint density at radius 2 is 2.12 bits per heavy atom. The molecule has 2 fully saturated rings. The second-order valence-corrected chi connectivity index (χ2v) is 6.54. The maximum Gasteiger partial charge on any atom is 0.229 e. The molecular formula is C18H22N4O2. The summed E-state index contributed by atoms with van der Waals surface area (Å²) in [7, 11) is 0. The first-order valence-electron chi connectivity index (χ1n) is 8.61. The second kappa shape index (κ2) is 6.36. The number of para-hydroxylation sites is 1. The monoisotopic (exact) mass is 326 g/mol. The Morgan fingerprint density at radius 1 is 1.29 bits per heavy atom. The lowest BCUT2D eigenvalue weighted by Gasteiger charge is -2.37. The van der Waals surface area contributed by atoms with E-state index in [0.29, 0.717) is 19.6 Å². The molecule has 2 aromatic rings. The van der Waals surface area contributed by atoms with Crippen molar-refractivity contribution in [2.75, 3.05) is 13.2 Å². The summed E-state index contributed by atoms with van der Waals surface area (Å²) >= 11 is 0. The zero-order valence-electron chi connectivity index (χ0n) is 13.9. The molecule has 1 saturated carbocycles. The molecular weight excluding hydrogens is 304 g/mol. The van der Waals surface area contributed by atoms with E-state index < -0.39 is 0 Å². The van der Waals surface area contributed by atoms with E-state index in [2.05, 4.69) is 10.3 Å². The van der Waals surface area contributed by atoms with Crippen molar-refractivity contribution >= 4 is 5.91 Å². The van der Waals surface area contributed by atoms with Gasteiger partial charge in [0.2, 0.25) is 5.91 Å². The molecule has 0 N–H and O–H groups in total. The quantitative estimate of drug-likeness (QED) is 0.864. The van der Waals surface area contributed by atoms with Crippen molar-refractivity contribution in [3.05, 3.63) is 41.7 Å². The molecule has 1 aliphatic heterocycles. The Bertz CT molecular complexity index is 728. The summed E-state index contributed by atoms with van der Waals surface area (Å²) < 4.78 is 7.58. The van der Waals surface area contributed by atoms with E-state index in [1.807, 2.05) is 42.2 Å². The van der Waals surface area contributed by atoms with Gasteiger partial charge in [0.05, 0.1) is 42.2 Å². The van der Waals surface area contributed by atoms with Gasteiger partial charge in [0, 0.05) is 6.54 Å². The number of morpholine rings is 1. The summed E-state index contributed by atoms with van der Waals surface area (Å²) in [6.07, 6.45) is 3.79. The first kappa shape index (κ1) is 15.3. The van der Waals surface area contributed by atoms with Gasteiger partial charge in [-0.25, -0.2) is 4.68 Å². The molecule has 1 saturated heterocycles. The Kier molecular flexibility index (Phi) is 4.06. The van der Waals surface area contributed by atoms with Crippen molar-refractivity contribution in [3.63, 3.8) is 0 Å². The standard InChI is InChI=1S/C18H22N4O2/c1-13-15(19-20-22(13)14-6-3-2-4-7-14)12-18(23)21-10-11-24-17-9-5-8-16(17)21/h2-4,6-7,16-17H,5,8-12H2,1H3. The fourth-order valence-corrected chi connectivity index (χ4v) is 3.82. The molecule has 1 aromatic carbocycles. The van der Waals surface area contributed by atoms with Crippen LogP contribution in [-0.4, -0.2) is 51.1 Å². The molecule has 1 aromatic heterocycles. The summed E-state index contributed by atoms with van der Waals surface area (Å²) in [5.74, 6) is 0.137. The lowest BCUT2D eigenvalue weighted by Crippen LogP contribution is -2.51. The summed E-state index contributed by atoms with van der Waals surface area (Å²) in [6.45, 7) is 3.29. The number of amides is 1. The number of hydrogen-bond donors (Lipinski definition) is 0. The average Bonchev–Trinajstić information content (AvgIpc) is 3.22. The average molecular weight is 326 g/mol. The van der Waals surface area contributed by atoms with Crippen molar-refractivity contribution in [2.45, 2.75) is 44.8 Å². The number of benzene rings is 1. The van der Waals surface area contributed by atoms with Crippen LogP contribution in [0.5, 0.6) is 0 Å². The van der Waals surface area contributed by atoms with E-state index in [1.165, 1.54) is 0 Å². The van der Waals surface area contributed by atoms with Crippen molar-refractivity contribution in [1.82, 2.24) is 19.9 Å². The van der Waals surface area contributed by atoms with Crippen molar-refractivity contribution in [3.8, 4) is 5.69 Å². The minimum Gasteiger partial charge on any atom is -0.374 e. The maximum absolute atomic E-state index is 12.8. The zero-order valence-corrected chi connectivity index (χ0v) is 13.9. The highest BCUT2D eigenvalue weighted by Gasteiger charge is 2.38. The Morgan fingerprint density at radius 3 is 2.96 bits per heavy atom. The van der Waals surface area contributed by atoms with E-state index in [1.54, 1.807) is 4.68 Å². The molecule has 6 heteroatoms. The fourth-order valence-electron chi connectivity index (χ4n) is 3.82. The maximum atomic E-state index is 12.8. The third kappa shape index (κ3) is 2.71. The number of carbonyl (C=O) groups excluding carboxylic acids is 1. The number of rotatable bonds is 3. The first-order chi connectivity index (χ1) is 11.7. The third-order valence-corrected chi connectivity index (χ3v) is 5.11. The molecule has 1 amide bonds. The van der Waals surface area contributed by atoms with Crippen LogP contribution in [0.2, 0.25) is 0 Å². The number of hydrogen-bond acceptors (Lipinski definition) is 4. The Labute approximate surface area is 141 Å². The lowest BCUT2D eigenvalue weighted by molar-refractivity contribution is -0.143. The van der Waals surface area contributed by atoms with Crippen LogP contribution < -0.4 is 0 Å². The lowest BCUT2D eigenvalue weighted by atomic mass is 10.1. The normalized spacial score (nSPS) is 23.3. The third-order valence-electron chi connectivity index (χ3n) is 5.11. The molecule has 2 atom stereocenters. The van der Waals surface area contributed by atoms with Gasteiger partial charge in [0.25, 0.3) is 0 Å². The van der Waals surface area contributed by atoms with Crippen LogP contribution in [0.15, 0.2) is 30.3 Å². The molecule has 2 heterocycles. The number of carbonyl (C=O) groups is 1. The number of fused-ring (bicyclic) bond motifs is 1. The predicted octanol–water partition coefficient (Wildman–Crippen LogP) is 1.90. The van der Waals surface area contributed by atoms with Gasteiger partial charge in [-0.05, 0) is 38.3 Å². The number of nitrogens with zero attached hydrogens (tertiary/aromatic N) is 4. The van der Waals surface area contributed by atoms with Crippen LogP contribution in [0.4, 0.5) is 0 Å². The van der Waals surface area contributed by atoms with Gasteiger partial charge in [-0.1, -0.05) is 23.4 Å². The van der Waals surface area contributed by atoms with E-state index >= 15 is 0 Å². The summed E-state index contributed by atoms with van der Waals surface area (Å²) in [4.78, 5) is 14.8. The Hall–Kier alpha value is -2.21. The molecule has 1 aliphatic carbocycles. The molecule has 6 nitrogen and oxygen atoms in total. The smallest absolute Gasteiger partial charge is 0.229 e. The zero-order chi connectivity index (χ0) is 16.5. The van der Waals surface area contributed by atoms with Crippen LogP contribution in [0.1, 0.15) is 30.7 Å². The fraction of sp³-hybridized carbons (Fsp3) is 0.500. The highest BCUT2D eigenvalue weighted by Crippen LogP contribution is 2.30. The molecule has 4 rings (SSSR count). The largest absolute Gasteiger partial charge is 0.374 e. The highest BCUT2D eigenvalue weighted by atomic mass is 16.5. The van der Waals surface area contributed by atoms with Crippen LogP contribution in [0.3, 0.4) is 0 Å². The van der Waals surface area contributed by atoms with E-state index in [-0.39, 0.29) is 18.1 Å².